The Morgan fingerprint density at radius 2 is 1.79 bits per heavy atom. The third-order valence-electron chi connectivity index (χ3n) is 3.46. The quantitative estimate of drug-likeness (QED) is 0.897. The van der Waals surface area contributed by atoms with Crippen LogP contribution in [-0.4, -0.2) is 22.1 Å². The second-order valence-electron chi connectivity index (χ2n) is 7.97. The zero-order chi connectivity index (χ0) is 18.0. The SMILES string of the molecule is COCc1cc(NCc2ncc(C(C)(C)C)o2)nc(C(C)(C)C)n1. The fraction of sp³-hybridized carbons (Fsp3) is 0.611. The Morgan fingerprint density at radius 3 is 2.33 bits per heavy atom. The fourth-order valence-electron chi connectivity index (χ4n) is 2.05. The molecule has 2 heterocycles. The first-order valence-corrected chi connectivity index (χ1v) is 8.16. The van der Waals surface area contributed by atoms with Crippen molar-refractivity contribution in [2.45, 2.75) is 65.5 Å². The summed E-state index contributed by atoms with van der Waals surface area (Å²) in [6.07, 6.45) is 1.79. The Morgan fingerprint density at radius 1 is 1.08 bits per heavy atom. The molecule has 0 saturated carbocycles. The molecule has 0 atom stereocenters. The van der Waals surface area contributed by atoms with Crippen LogP contribution in [0.5, 0.6) is 0 Å². The van der Waals surface area contributed by atoms with E-state index in [1.54, 1.807) is 13.3 Å². The highest BCUT2D eigenvalue weighted by molar-refractivity contribution is 5.37. The van der Waals surface area contributed by atoms with Gasteiger partial charge in [0.2, 0.25) is 5.89 Å². The van der Waals surface area contributed by atoms with Crippen molar-refractivity contribution < 1.29 is 9.15 Å². The lowest BCUT2D eigenvalue weighted by Gasteiger charge is -2.18. The number of methoxy groups -OCH3 is 1. The maximum Gasteiger partial charge on any atom is 0.213 e. The first-order valence-electron chi connectivity index (χ1n) is 8.16. The van der Waals surface area contributed by atoms with Crippen LogP contribution in [0, 0.1) is 0 Å². The van der Waals surface area contributed by atoms with E-state index in [0.29, 0.717) is 19.0 Å². The first-order chi connectivity index (χ1) is 11.1. The molecule has 0 radical (unpaired) electrons. The van der Waals surface area contributed by atoms with Crippen molar-refractivity contribution in [2.24, 2.45) is 0 Å². The summed E-state index contributed by atoms with van der Waals surface area (Å²) in [7, 11) is 1.66. The summed E-state index contributed by atoms with van der Waals surface area (Å²) in [6, 6.07) is 1.90. The Balaban J connectivity index is 2.16. The van der Waals surface area contributed by atoms with Gasteiger partial charge in [-0.15, -0.1) is 0 Å². The zero-order valence-electron chi connectivity index (χ0n) is 15.7. The fourth-order valence-corrected chi connectivity index (χ4v) is 2.05. The number of aromatic nitrogens is 3. The molecule has 2 aromatic rings. The van der Waals surface area contributed by atoms with Crippen molar-refractivity contribution in [2.75, 3.05) is 12.4 Å². The largest absolute Gasteiger partial charge is 0.443 e. The molecule has 0 aliphatic carbocycles. The van der Waals surface area contributed by atoms with Gasteiger partial charge in [0.15, 0.2) is 0 Å². The van der Waals surface area contributed by atoms with Crippen molar-refractivity contribution in [1.29, 1.82) is 0 Å². The standard InChI is InChI=1S/C18H28N4O2/c1-17(2,3)13-9-20-15(24-13)10-19-14-8-12(11-23-7)21-16(22-14)18(4,5)6/h8-9H,10-11H2,1-7H3,(H,19,21,22). The molecule has 0 aliphatic rings. The molecule has 132 valence electrons. The van der Waals surface area contributed by atoms with Crippen molar-refractivity contribution in [3.05, 3.63) is 35.4 Å². The summed E-state index contributed by atoms with van der Waals surface area (Å²) < 4.78 is 11.0. The average Bonchev–Trinajstić information content (AvgIpc) is 2.93. The van der Waals surface area contributed by atoms with Crippen LogP contribution in [0.3, 0.4) is 0 Å². The molecule has 2 rings (SSSR count). The number of nitrogens with zero attached hydrogens (tertiary/aromatic N) is 3. The number of hydrogen-bond acceptors (Lipinski definition) is 6. The van der Waals surface area contributed by atoms with Crippen molar-refractivity contribution in [3.8, 4) is 0 Å². The van der Waals surface area contributed by atoms with E-state index in [0.717, 1.165) is 23.1 Å². The highest BCUT2D eigenvalue weighted by Gasteiger charge is 2.20. The van der Waals surface area contributed by atoms with E-state index in [9.17, 15) is 0 Å². The highest BCUT2D eigenvalue weighted by atomic mass is 16.5. The topological polar surface area (TPSA) is 73.1 Å². The van der Waals surface area contributed by atoms with Gasteiger partial charge in [-0.05, 0) is 0 Å². The molecule has 0 aromatic carbocycles. The molecule has 0 aliphatic heterocycles. The van der Waals surface area contributed by atoms with E-state index in [4.69, 9.17) is 9.15 Å². The van der Waals surface area contributed by atoms with Gasteiger partial charge in [-0.3, -0.25) is 0 Å². The van der Waals surface area contributed by atoms with E-state index in [1.165, 1.54) is 0 Å². The van der Waals surface area contributed by atoms with Crippen molar-refractivity contribution >= 4 is 5.82 Å². The number of anilines is 1. The molecule has 6 nitrogen and oxygen atoms in total. The molecule has 2 aromatic heterocycles. The Kier molecular flexibility index (Phi) is 5.28. The minimum atomic E-state index is -0.136. The molecule has 6 heteroatoms. The molecule has 0 bridgehead atoms. The smallest absolute Gasteiger partial charge is 0.213 e. The Hall–Kier alpha value is -1.95. The summed E-state index contributed by atoms with van der Waals surface area (Å²) in [6.45, 7) is 13.5. The molecule has 0 amide bonds. The Bertz CT molecular complexity index is 681. The summed E-state index contributed by atoms with van der Waals surface area (Å²) >= 11 is 0. The van der Waals surface area contributed by atoms with Gasteiger partial charge in [-0.25, -0.2) is 15.0 Å². The number of rotatable bonds is 5. The van der Waals surface area contributed by atoms with Gasteiger partial charge >= 0.3 is 0 Å². The predicted molar refractivity (Wildman–Crippen MR) is 94.0 cm³/mol. The lowest BCUT2D eigenvalue weighted by molar-refractivity contribution is 0.181. The first kappa shape index (κ1) is 18.4. The number of hydrogen-bond donors (Lipinski definition) is 1. The molecule has 0 saturated heterocycles. The summed E-state index contributed by atoms with van der Waals surface area (Å²) in [5, 5.41) is 3.27. The molecule has 0 fully saturated rings. The van der Waals surface area contributed by atoms with Gasteiger partial charge < -0.3 is 14.5 Å². The summed E-state index contributed by atoms with van der Waals surface area (Å²) in [4.78, 5) is 13.5. The van der Waals surface area contributed by atoms with Gasteiger partial charge in [0.05, 0.1) is 25.0 Å². The normalized spacial score (nSPS) is 12.5. The Labute approximate surface area is 144 Å². The maximum atomic E-state index is 5.80. The van der Waals surface area contributed by atoms with Crippen LogP contribution in [0.1, 0.15) is 64.7 Å². The van der Waals surface area contributed by atoms with E-state index in [2.05, 4.69) is 61.8 Å². The van der Waals surface area contributed by atoms with Crippen LogP contribution in [0.15, 0.2) is 16.7 Å². The van der Waals surface area contributed by atoms with Crippen molar-refractivity contribution in [3.63, 3.8) is 0 Å². The van der Waals surface area contributed by atoms with E-state index in [-0.39, 0.29) is 10.8 Å². The molecule has 1 N–H and O–H groups in total. The van der Waals surface area contributed by atoms with E-state index >= 15 is 0 Å². The molecule has 0 spiro atoms. The summed E-state index contributed by atoms with van der Waals surface area (Å²) in [5.41, 5.74) is 0.663. The zero-order valence-corrected chi connectivity index (χ0v) is 15.7. The maximum absolute atomic E-state index is 5.80. The van der Waals surface area contributed by atoms with Crippen LogP contribution in [-0.2, 0) is 28.7 Å². The van der Waals surface area contributed by atoms with Crippen LogP contribution < -0.4 is 5.32 Å². The van der Waals surface area contributed by atoms with Gasteiger partial charge in [-0.2, -0.15) is 0 Å². The average molecular weight is 332 g/mol. The lowest BCUT2D eigenvalue weighted by Crippen LogP contribution is -2.18. The second-order valence-corrected chi connectivity index (χ2v) is 7.97. The minimum Gasteiger partial charge on any atom is -0.443 e. The summed E-state index contributed by atoms with van der Waals surface area (Å²) in [5.74, 6) is 3.04. The van der Waals surface area contributed by atoms with E-state index < -0.39 is 0 Å². The molecule has 24 heavy (non-hydrogen) atoms. The minimum absolute atomic E-state index is 0.0504. The van der Waals surface area contributed by atoms with Gasteiger partial charge in [-0.1, -0.05) is 41.5 Å². The number of oxazole rings is 1. The van der Waals surface area contributed by atoms with Crippen LogP contribution >= 0.6 is 0 Å². The molecular formula is C18H28N4O2. The van der Waals surface area contributed by atoms with Crippen LogP contribution in [0.25, 0.3) is 0 Å². The monoisotopic (exact) mass is 332 g/mol. The predicted octanol–water partition coefficient (Wildman–Crippen LogP) is 3.82. The van der Waals surface area contributed by atoms with Crippen molar-refractivity contribution in [1.82, 2.24) is 15.0 Å². The van der Waals surface area contributed by atoms with Crippen LogP contribution in [0.2, 0.25) is 0 Å². The van der Waals surface area contributed by atoms with Gasteiger partial charge in [0.1, 0.15) is 17.4 Å². The third kappa shape index (κ3) is 4.77. The molecular weight excluding hydrogens is 304 g/mol. The number of nitrogens with one attached hydrogen (secondary N) is 1. The molecule has 0 unspecified atom stereocenters. The van der Waals surface area contributed by atoms with E-state index in [1.807, 2.05) is 6.07 Å². The lowest BCUT2D eigenvalue weighted by atomic mass is 9.94. The number of ether oxygens (including phenoxy) is 1. The highest BCUT2D eigenvalue weighted by Crippen LogP contribution is 2.24. The third-order valence-corrected chi connectivity index (χ3v) is 3.46. The van der Waals surface area contributed by atoms with Crippen LogP contribution in [0.4, 0.5) is 5.82 Å². The van der Waals surface area contributed by atoms with Gasteiger partial charge in [0, 0.05) is 24.0 Å². The second kappa shape index (κ2) is 6.89. The van der Waals surface area contributed by atoms with Gasteiger partial charge in [0.25, 0.3) is 0 Å².